The summed E-state index contributed by atoms with van der Waals surface area (Å²) in [5.41, 5.74) is 2.42. The minimum atomic E-state index is 0.579. The standard InChI is InChI=1S/C12H23N/c1-6-7-8-11(4)12(5)13-9-10(2)3/h9,11,13H,5-8H2,1-4H3. The van der Waals surface area contributed by atoms with Gasteiger partial charge in [0.25, 0.3) is 0 Å². The van der Waals surface area contributed by atoms with Crippen LogP contribution in [0.3, 0.4) is 0 Å². The number of nitrogens with one attached hydrogen (secondary N) is 1. The molecule has 1 atom stereocenters. The van der Waals surface area contributed by atoms with Gasteiger partial charge in [-0.3, -0.25) is 0 Å². The highest BCUT2D eigenvalue weighted by atomic mass is 14.9. The van der Waals surface area contributed by atoms with E-state index in [0.29, 0.717) is 5.92 Å². The van der Waals surface area contributed by atoms with Crippen LogP contribution >= 0.6 is 0 Å². The van der Waals surface area contributed by atoms with Crippen molar-refractivity contribution in [2.45, 2.75) is 47.0 Å². The van der Waals surface area contributed by atoms with Gasteiger partial charge in [0.05, 0.1) is 0 Å². The molecule has 0 aliphatic heterocycles. The van der Waals surface area contributed by atoms with E-state index in [-0.39, 0.29) is 0 Å². The Balaban J connectivity index is 3.76. The molecule has 0 aliphatic carbocycles. The summed E-state index contributed by atoms with van der Waals surface area (Å²) in [5, 5.41) is 3.23. The predicted octanol–water partition coefficient (Wildman–Crippen LogP) is 3.84. The SMILES string of the molecule is C=C(NC=C(C)C)C(C)CCCC. The van der Waals surface area contributed by atoms with Gasteiger partial charge in [-0.25, -0.2) is 0 Å². The summed E-state index contributed by atoms with van der Waals surface area (Å²) in [7, 11) is 0. The molecule has 0 amide bonds. The topological polar surface area (TPSA) is 12.0 Å². The lowest BCUT2D eigenvalue weighted by atomic mass is 10.0. The lowest BCUT2D eigenvalue weighted by Crippen LogP contribution is -2.12. The van der Waals surface area contributed by atoms with Crippen molar-refractivity contribution in [2.75, 3.05) is 0 Å². The fraction of sp³-hybridized carbons (Fsp3) is 0.667. The molecule has 1 heteroatoms. The fourth-order valence-corrected chi connectivity index (χ4v) is 1.06. The van der Waals surface area contributed by atoms with Gasteiger partial charge in [0.2, 0.25) is 0 Å². The monoisotopic (exact) mass is 181 g/mol. The average molecular weight is 181 g/mol. The predicted molar refractivity (Wildman–Crippen MR) is 60.4 cm³/mol. The van der Waals surface area contributed by atoms with Crippen LogP contribution in [0.2, 0.25) is 0 Å². The molecular weight excluding hydrogens is 158 g/mol. The van der Waals surface area contributed by atoms with Crippen molar-refractivity contribution in [1.29, 1.82) is 0 Å². The number of hydrogen-bond donors (Lipinski definition) is 1. The van der Waals surface area contributed by atoms with Crippen molar-refractivity contribution in [3.63, 3.8) is 0 Å². The number of hydrogen-bond acceptors (Lipinski definition) is 1. The van der Waals surface area contributed by atoms with Crippen molar-refractivity contribution in [2.24, 2.45) is 5.92 Å². The molecule has 1 nitrogen and oxygen atoms in total. The molecule has 0 fully saturated rings. The van der Waals surface area contributed by atoms with Crippen LogP contribution in [0.5, 0.6) is 0 Å². The lowest BCUT2D eigenvalue weighted by Gasteiger charge is -2.14. The largest absolute Gasteiger partial charge is 0.365 e. The third kappa shape index (κ3) is 6.44. The smallest absolute Gasteiger partial charge is 0.0102 e. The highest BCUT2D eigenvalue weighted by Crippen LogP contribution is 2.13. The number of allylic oxidation sites excluding steroid dienone is 2. The summed E-state index contributed by atoms with van der Waals surface area (Å²) in [5.74, 6) is 0.579. The molecule has 0 rings (SSSR count). The van der Waals surface area contributed by atoms with E-state index in [1.54, 1.807) is 0 Å². The third-order valence-corrected chi connectivity index (χ3v) is 2.13. The van der Waals surface area contributed by atoms with Crippen LogP contribution in [0.4, 0.5) is 0 Å². The van der Waals surface area contributed by atoms with E-state index in [0.717, 1.165) is 5.70 Å². The fourth-order valence-electron chi connectivity index (χ4n) is 1.06. The summed E-state index contributed by atoms with van der Waals surface area (Å²) in [4.78, 5) is 0. The molecule has 0 heterocycles. The quantitative estimate of drug-likeness (QED) is 0.656. The van der Waals surface area contributed by atoms with E-state index in [4.69, 9.17) is 0 Å². The van der Waals surface area contributed by atoms with Crippen LogP contribution in [0, 0.1) is 5.92 Å². The first kappa shape index (κ1) is 12.3. The second kappa shape index (κ2) is 6.76. The van der Waals surface area contributed by atoms with Gasteiger partial charge in [-0.1, -0.05) is 38.8 Å². The van der Waals surface area contributed by atoms with Gasteiger partial charge in [-0.05, 0) is 32.4 Å². The van der Waals surface area contributed by atoms with Gasteiger partial charge < -0.3 is 5.32 Å². The number of rotatable bonds is 6. The van der Waals surface area contributed by atoms with Gasteiger partial charge in [-0.2, -0.15) is 0 Å². The van der Waals surface area contributed by atoms with Gasteiger partial charge in [0.1, 0.15) is 0 Å². The van der Waals surface area contributed by atoms with Gasteiger partial charge in [0, 0.05) is 5.70 Å². The summed E-state index contributed by atoms with van der Waals surface area (Å²) < 4.78 is 0. The maximum atomic E-state index is 4.02. The molecule has 0 radical (unpaired) electrons. The van der Waals surface area contributed by atoms with Gasteiger partial charge in [0.15, 0.2) is 0 Å². The normalized spacial score (nSPS) is 12.0. The van der Waals surface area contributed by atoms with E-state index >= 15 is 0 Å². The van der Waals surface area contributed by atoms with Crippen molar-refractivity contribution in [3.05, 3.63) is 24.0 Å². The first-order valence-electron chi connectivity index (χ1n) is 5.16. The average Bonchev–Trinajstić information content (AvgIpc) is 2.10. The van der Waals surface area contributed by atoms with E-state index in [9.17, 15) is 0 Å². The van der Waals surface area contributed by atoms with Crippen LogP contribution in [-0.4, -0.2) is 0 Å². The first-order chi connectivity index (χ1) is 6.07. The van der Waals surface area contributed by atoms with Crippen molar-refractivity contribution < 1.29 is 0 Å². The Kier molecular flexibility index (Phi) is 6.38. The molecule has 76 valence electrons. The molecule has 13 heavy (non-hydrogen) atoms. The zero-order chi connectivity index (χ0) is 10.3. The Morgan fingerprint density at radius 1 is 1.46 bits per heavy atom. The Labute approximate surface area is 82.9 Å². The van der Waals surface area contributed by atoms with Crippen molar-refractivity contribution in [3.8, 4) is 0 Å². The summed E-state index contributed by atoms with van der Waals surface area (Å²) in [6, 6.07) is 0. The van der Waals surface area contributed by atoms with Crippen LogP contribution in [-0.2, 0) is 0 Å². The molecule has 0 aromatic carbocycles. The van der Waals surface area contributed by atoms with Crippen molar-refractivity contribution >= 4 is 0 Å². The van der Waals surface area contributed by atoms with E-state index in [1.165, 1.54) is 24.8 Å². The third-order valence-electron chi connectivity index (χ3n) is 2.13. The molecule has 1 N–H and O–H groups in total. The van der Waals surface area contributed by atoms with Gasteiger partial charge >= 0.3 is 0 Å². The molecular formula is C12H23N. The van der Waals surface area contributed by atoms with Crippen molar-refractivity contribution in [1.82, 2.24) is 5.32 Å². The summed E-state index contributed by atoms with van der Waals surface area (Å²) in [6.45, 7) is 12.6. The van der Waals surface area contributed by atoms with E-state index < -0.39 is 0 Å². The Hall–Kier alpha value is -0.720. The Bertz CT molecular complexity index is 176. The second-order valence-corrected chi connectivity index (χ2v) is 3.93. The van der Waals surface area contributed by atoms with E-state index in [1.807, 2.05) is 6.20 Å². The number of unbranched alkanes of at least 4 members (excludes halogenated alkanes) is 1. The summed E-state index contributed by atoms with van der Waals surface area (Å²) >= 11 is 0. The zero-order valence-electron chi connectivity index (χ0n) is 9.48. The molecule has 0 saturated carbocycles. The molecule has 0 saturated heterocycles. The minimum Gasteiger partial charge on any atom is -0.365 e. The lowest BCUT2D eigenvalue weighted by molar-refractivity contribution is 0.553. The summed E-state index contributed by atoms with van der Waals surface area (Å²) in [6.07, 6.45) is 5.81. The molecule has 0 aromatic heterocycles. The second-order valence-electron chi connectivity index (χ2n) is 3.93. The molecule has 0 spiro atoms. The zero-order valence-corrected chi connectivity index (χ0v) is 9.48. The minimum absolute atomic E-state index is 0.579. The van der Waals surface area contributed by atoms with Crippen LogP contribution in [0.15, 0.2) is 24.0 Å². The molecule has 0 bridgehead atoms. The molecule has 1 unspecified atom stereocenters. The maximum Gasteiger partial charge on any atom is 0.0102 e. The molecule has 0 aromatic rings. The highest BCUT2D eigenvalue weighted by Gasteiger charge is 2.03. The first-order valence-corrected chi connectivity index (χ1v) is 5.16. The maximum absolute atomic E-state index is 4.02. The van der Waals surface area contributed by atoms with Crippen LogP contribution in [0.25, 0.3) is 0 Å². The van der Waals surface area contributed by atoms with E-state index in [2.05, 4.69) is 39.6 Å². The highest BCUT2D eigenvalue weighted by molar-refractivity contribution is 5.04. The van der Waals surface area contributed by atoms with Crippen LogP contribution in [0.1, 0.15) is 47.0 Å². The Morgan fingerprint density at radius 3 is 2.54 bits per heavy atom. The molecule has 0 aliphatic rings. The van der Waals surface area contributed by atoms with Gasteiger partial charge in [-0.15, -0.1) is 0 Å². The van der Waals surface area contributed by atoms with Crippen LogP contribution < -0.4 is 5.32 Å². The Morgan fingerprint density at radius 2 is 2.08 bits per heavy atom.